The third-order valence-electron chi connectivity index (χ3n) is 8.71. The summed E-state index contributed by atoms with van der Waals surface area (Å²) in [6.45, 7) is 20.7. The molecule has 0 fully saturated rings. The quantitative estimate of drug-likeness (QED) is 0.177. The van der Waals surface area contributed by atoms with Gasteiger partial charge in [-0.1, -0.05) is 76.9 Å². The van der Waals surface area contributed by atoms with E-state index in [4.69, 9.17) is 0 Å². The molecule has 5 aromatic carbocycles. The first-order valence-corrected chi connectivity index (χ1v) is 20.0. The summed E-state index contributed by atoms with van der Waals surface area (Å²) in [6.07, 6.45) is 0. The largest absolute Gasteiger partial charge is 1.00 e. The van der Waals surface area contributed by atoms with Crippen LogP contribution in [0.5, 0.6) is 0 Å². The molecule has 0 spiro atoms. The molecule has 0 radical (unpaired) electrons. The van der Waals surface area contributed by atoms with Crippen molar-refractivity contribution in [3.63, 3.8) is 0 Å². The number of fused-ring (bicyclic) bond motifs is 3. The number of rotatable bonds is 5. The summed E-state index contributed by atoms with van der Waals surface area (Å²) < 4.78 is 2.30. The van der Waals surface area contributed by atoms with E-state index in [0.29, 0.717) is 0 Å². The van der Waals surface area contributed by atoms with Gasteiger partial charge in [-0.25, -0.2) is 12.1 Å². The van der Waals surface area contributed by atoms with Gasteiger partial charge >= 0.3 is 110 Å². The van der Waals surface area contributed by atoms with Crippen LogP contribution in [-0.4, -0.2) is 11.8 Å². The molecular formula is C39H50Cl2HfSi-2. The van der Waals surface area contributed by atoms with E-state index in [9.17, 15) is 0 Å². The third kappa shape index (κ3) is 10.2. The van der Waals surface area contributed by atoms with Crippen LogP contribution < -0.4 is 30.0 Å². The zero-order valence-electron chi connectivity index (χ0n) is 27.7. The number of benzene rings is 3. The fourth-order valence-electron chi connectivity index (χ4n) is 5.57. The average molecular weight is 796 g/mol. The Labute approximate surface area is 290 Å². The number of hydrogen-bond acceptors (Lipinski definition) is 0. The molecule has 0 bridgehead atoms. The Kier molecular flexibility index (Phi) is 15.8. The van der Waals surface area contributed by atoms with Gasteiger partial charge in [0.1, 0.15) is 0 Å². The molecule has 0 atom stereocenters. The number of halogens is 2. The van der Waals surface area contributed by atoms with Gasteiger partial charge in [0.25, 0.3) is 0 Å². The van der Waals surface area contributed by atoms with Crippen molar-refractivity contribution in [2.24, 2.45) is 0 Å². The average Bonchev–Trinajstić information content (AvgIpc) is 3.65. The van der Waals surface area contributed by atoms with Crippen molar-refractivity contribution in [3.8, 4) is 0 Å². The normalized spacial score (nSPS) is 11.4. The molecule has 0 N–H and O–H groups in total. The molecule has 0 nitrogen and oxygen atoms in total. The van der Waals surface area contributed by atoms with E-state index in [0.717, 1.165) is 23.9 Å². The van der Waals surface area contributed by atoms with Gasteiger partial charge < -0.3 is 24.8 Å². The minimum absolute atomic E-state index is 0. The van der Waals surface area contributed by atoms with Gasteiger partial charge in [-0.3, -0.25) is 0 Å². The van der Waals surface area contributed by atoms with Crippen LogP contribution in [0.15, 0.2) is 97.1 Å². The standard InChI is InChI=1S/C21H25.C13H20Si.C5H5.2ClH.Hf/c1-20(2,3)16-7-9-18-14(12-16)11-15-13-17(21(4,5)6)8-10-19(15)18;1-5-14(6-2,7-3)13-10-8-12(4)9-11-13;1-2-4-5-3-1;;;/h7-13H,1-6H3;4,8-11H,5-7H2,1-3H3;1-5H;2*1H;/q-1;;-1;;;+2/p-2. The Hall–Kier alpha value is -1.58. The Bertz CT molecular complexity index is 1420. The second-order valence-electron chi connectivity index (χ2n) is 13.3. The maximum absolute atomic E-state index is 2.38. The monoisotopic (exact) mass is 796 g/mol. The van der Waals surface area contributed by atoms with Crippen LogP contribution >= 0.6 is 0 Å². The molecule has 0 unspecified atom stereocenters. The molecule has 0 saturated carbocycles. The van der Waals surface area contributed by atoms with Gasteiger partial charge in [-0.15, -0.1) is 39.7 Å². The Balaban J connectivity index is 0.000000368. The first kappa shape index (κ1) is 39.4. The van der Waals surface area contributed by atoms with Gasteiger partial charge in [0.05, 0.1) is 0 Å². The van der Waals surface area contributed by atoms with E-state index < -0.39 is 8.07 Å². The Morgan fingerprint density at radius 3 is 1.37 bits per heavy atom. The molecule has 5 aromatic rings. The van der Waals surface area contributed by atoms with Crippen LogP contribution in [0.4, 0.5) is 0 Å². The van der Waals surface area contributed by atoms with Crippen molar-refractivity contribution < 1.29 is 48.7 Å². The summed E-state index contributed by atoms with van der Waals surface area (Å²) in [5, 5.41) is 7.13. The zero-order chi connectivity index (χ0) is 30.3. The second kappa shape index (κ2) is 17.2. The Morgan fingerprint density at radius 1 is 0.651 bits per heavy atom. The summed E-state index contributed by atoms with van der Waals surface area (Å²) >= 11 is 1.15. The summed E-state index contributed by atoms with van der Waals surface area (Å²) in [4.78, 5) is 0. The summed E-state index contributed by atoms with van der Waals surface area (Å²) in [5.41, 5.74) is 4.61. The molecule has 0 amide bonds. The van der Waals surface area contributed by atoms with E-state index in [1.807, 2.05) is 30.3 Å². The zero-order valence-corrected chi connectivity index (χ0v) is 33.8. The molecule has 0 aliphatic rings. The van der Waals surface area contributed by atoms with Crippen LogP contribution in [0.25, 0.3) is 21.5 Å². The van der Waals surface area contributed by atoms with Crippen LogP contribution in [0.1, 0.15) is 79.0 Å². The van der Waals surface area contributed by atoms with Crippen LogP contribution in [0.3, 0.4) is 0 Å². The van der Waals surface area contributed by atoms with Gasteiger partial charge in [-0.2, -0.15) is 18.2 Å². The van der Waals surface area contributed by atoms with E-state index in [1.165, 1.54) is 56.4 Å². The molecule has 5 rings (SSSR count). The first-order valence-electron chi connectivity index (χ1n) is 15.3. The first-order chi connectivity index (χ1) is 19.4. The van der Waals surface area contributed by atoms with Crippen molar-refractivity contribution in [1.29, 1.82) is 0 Å². The minimum Gasteiger partial charge on any atom is -1.00 e. The molecule has 230 valence electrons. The van der Waals surface area contributed by atoms with Crippen molar-refractivity contribution in [2.75, 3.05) is 0 Å². The maximum atomic E-state index is 2.38. The fraction of sp³-hybridized carbons (Fsp3) is 0.359. The second-order valence-corrected chi connectivity index (χ2v) is 19.6. The molecule has 0 aliphatic carbocycles. The van der Waals surface area contributed by atoms with Crippen molar-refractivity contribution in [3.05, 3.63) is 114 Å². The van der Waals surface area contributed by atoms with Crippen LogP contribution in [0.2, 0.25) is 18.1 Å². The van der Waals surface area contributed by atoms with Crippen molar-refractivity contribution in [2.45, 2.75) is 91.3 Å². The predicted molar refractivity (Wildman–Crippen MR) is 185 cm³/mol. The SMILES string of the molecule is CC(C)(C)c1ccc2c(c1)[cH-]c1cc(C(C)(C)C)ccc12.CC[Si](CC)(CC)c1ccc([CH]=[Hf+2])cc1.[Cl-].[Cl-].c1cc[cH-]c1. The molecule has 4 heteroatoms. The number of hydrogen-bond donors (Lipinski definition) is 0. The summed E-state index contributed by atoms with van der Waals surface area (Å²) in [5.74, 6) is 0. The molecule has 0 heterocycles. The van der Waals surface area contributed by atoms with Gasteiger partial charge in [0.2, 0.25) is 0 Å². The topological polar surface area (TPSA) is 0 Å². The summed E-state index contributed by atoms with van der Waals surface area (Å²) in [7, 11) is -1.13. The van der Waals surface area contributed by atoms with Gasteiger partial charge in [-0.05, 0) is 10.8 Å². The third-order valence-corrected chi connectivity index (χ3v) is 15.5. The van der Waals surface area contributed by atoms with E-state index in [-0.39, 0.29) is 35.6 Å². The van der Waals surface area contributed by atoms with E-state index in [2.05, 4.69) is 133 Å². The van der Waals surface area contributed by atoms with Crippen molar-refractivity contribution >= 4 is 38.6 Å². The van der Waals surface area contributed by atoms with Crippen LogP contribution in [0, 0.1) is 0 Å². The maximum Gasteiger partial charge on any atom is -0.172 e. The Morgan fingerprint density at radius 2 is 1.07 bits per heavy atom. The molecular weight excluding hydrogens is 746 g/mol. The van der Waals surface area contributed by atoms with E-state index >= 15 is 0 Å². The van der Waals surface area contributed by atoms with Crippen molar-refractivity contribution in [1.82, 2.24) is 0 Å². The molecule has 0 saturated heterocycles. The molecule has 43 heavy (non-hydrogen) atoms. The predicted octanol–water partition coefficient (Wildman–Crippen LogP) is 4.82. The smallest absolute Gasteiger partial charge is 0.172 e. The summed E-state index contributed by atoms with van der Waals surface area (Å²) in [6, 6.07) is 39.7. The van der Waals surface area contributed by atoms with Gasteiger partial charge in [0, 0.05) is 0 Å². The van der Waals surface area contributed by atoms with Gasteiger partial charge in [0.15, 0.2) is 0 Å². The molecule has 0 aromatic heterocycles. The molecule has 0 aliphatic heterocycles. The minimum atomic E-state index is -1.13. The van der Waals surface area contributed by atoms with Crippen LogP contribution in [-0.2, 0) is 34.7 Å². The fourth-order valence-corrected chi connectivity index (χ4v) is 9.86. The van der Waals surface area contributed by atoms with E-state index in [1.54, 1.807) is 5.19 Å².